The number of hydrogen-bond donors (Lipinski definition) is 0. The maximum absolute atomic E-state index is 14.6. The number of benzene rings is 4. The van der Waals surface area contributed by atoms with Crippen LogP contribution in [-0.4, -0.2) is 0 Å². The standard InChI is InChI=1S/C24H20OP3/c25-28(23-17-9-3-10-18-23,24-19-11-4-12-20-24)26-27(21-13-5-1-6-14-21)22-15-7-2-8-16-22/h1-20H/q-1. The van der Waals surface area contributed by atoms with Gasteiger partial charge in [0.05, 0.1) is 0 Å². The van der Waals surface area contributed by atoms with Gasteiger partial charge in [0.15, 0.2) is 0 Å². The van der Waals surface area contributed by atoms with Crippen LogP contribution in [-0.2, 0) is 0 Å². The fourth-order valence-corrected chi connectivity index (χ4v) is 15.9. The van der Waals surface area contributed by atoms with Crippen molar-refractivity contribution >= 4 is 43.2 Å². The Kier molecular flexibility index (Phi) is 6.21. The molecule has 0 saturated heterocycles. The van der Waals surface area contributed by atoms with Crippen LogP contribution in [0.1, 0.15) is 0 Å². The molecular formula is C24H20OP3-. The molecule has 0 aromatic heterocycles. The first-order valence-corrected chi connectivity index (χ1v) is 14.5. The summed E-state index contributed by atoms with van der Waals surface area (Å²) in [6, 6.07) is 40.9. The Morgan fingerprint density at radius 1 is 0.500 bits per heavy atom. The second-order valence-electron chi connectivity index (χ2n) is 6.32. The van der Waals surface area contributed by atoms with E-state index in [1.807, 2.05) is 72.8 Å². The van der Waals surface area contributed by atoms with E-state index in [4.69, 9.17) is 0 Å². The number of rotatable bonds is 5. The lowest BCUT2D eigenvalue weighted by Gasteiger charge is -2.35. The van der Waals surface area contributed by atoms with Crippen molar-refractivity contribution in [3.8, 4) is 0 Å². The Morgan fingerprint density at radius 2 is 0.821 bits per heavy atom. The summed E-state index contributed by atoms with van der Waals surface area (Å²) in [5, 5.41) is 4.33. The summed E-state index contributed by atoms with van der Waals surface area (Å²) in [4.78, 5) is 14.6. The molecule has 0 saturated carbocycles. The highest BCUT2D eigenvalue weighted by atomic mass is 32.3. The minimum atomic E-state index is -2.81. The minimum Gasteiger partial charge on any atom is -0.819 e. The van der Waals surface area contributed by atoms with Gasteiger partial charge in [-0.05, 0) is 21.2 Å². The molecule has 0 fully saturated rings. The van der Waals surface area contributed by atoms with Crippen molar-refractivity contribution in [3.05, 3.63) is 121 Å². The molecular weight excluding hydrogens is 397 g/mol. The van der Waals surface area contributed by atoms with Crippen LogP contribution in [0, 0.1) is 0 Å². The quantitative estimate of drug-likeness (QED) is 0.426. The molecule has 1 nitrogen and oxygen atoms in total. The van der Waals surface area contributed by atoms with Gasteiger partial charge < -0.3 is 4.89 Å². The topological polar surface area (TPSA) is 23.1 Å². The van der Waals surface area contributed by atoms with Crippen molar-refractivity contribution in [1.82, 2.24) is 0 Å². The lowest BCUT2D eigenvalue weighted by atomic mass is 10.4. The Morgan fingerprint density at radius 3 is 1.18 bits per heavy atom. The summed E-state index contributed by atoms with van der Waals surface area (Å²) in [7, 11) is 0.184. The molecule has 28 heavy (non-hydrogen) atoms. The first kappa shape index (κ1) is 19.3. The molecule has 0 atom stereocenters. The molecule has 0 unspecified atom stereocenters. The van der Waals surface area contributed by atoms with E-state index in [0.717, 1.165) is 18.2 Å². The molecule has 0 bridgehead atoms. The zero-order chi connectivity index (χ0) is 19.2. The van der Waals surface area contributed by atoms with E-state index in [0.29, 0.717) is 0 Å². The van der Waals surface area contributed by atoms with Gasteiger partial charge >= 0.3 is 0 Å². The van der Waals surface area contributed by atoms with Crippen LogP contribution in [0.4, 0.5) is 0 Å². The molecule has 0 heterocycles. The summed E-state index contributed by atoms with van der Waals surface area (Å²) >= 11 is 0. The van der Waals surface area contributed by atoms with Gasteiger partial charge in [-0.15, -0.1) is 6.78 Å². The smallest absolute Gasteiger partial charge is 0.00824 e. The van der Waals surface area contributed by atoms with Crippen molar-refractivity contribution in [3.63, 3.8) is 0 Å². The Hall–Kier alpha value is -2.00. The van der Waals surface area contributed by atoms with Crippen molar-refractivity contribution < 1.29 is 4.89 Å². The van der Waals surface area contributed by atoms with E-state index in [1.54, 1.807) is 0 Å². The van der Waals surface area contributed by atoms with Crippen molar-refractivity contribution in [2.75, 3.05) is 0 Å². The van der Waals surface area contributed by atoms with Crippen LogP contribution < -0.4 is 26.1 Å². The van der Waals surface area contributed by atoms with Gasteiger partial charge in [-0.2, -0.15) is 0 Å². The van der Waals surface area contributed by atoms with Gasteiger partial charge in [0.25, 0.3) is 0 Å². The Bertz CT molecular complexity index is 983. The Labute approximate surface area is 169 Å². The van der Waals surface area contributed by atoms with E-state index >= 15 is 0 Å². The molecule has 0 amide bonds. The van der Waals surface area contributed by atoms with Gasteiger partial charge in [-0.3, -0.25) is 0 Å². The van der Waals surface area contributed by atoms with E-state index in [9.17, 15) is 4.89 Å². The average molecular weight is 417 g/mol. The lowest BCUT2D eigenvalue weighted by molar-refractivity contribution is -0.154. The summed E-state index contributed by atoms with van der Waals surface area (Å²) in [5.41, 5.74) is 0. The van der Waals surface area contributed by atoms with E-state index < -0.39 is 14.4 Å². The third-order valence-corrected chi connectivity index (χ3v) is 16.4. The second kappa shape index (κ2) is 9.00. The average Bonchev–Trinajstić information content (AvgIpc) is 2.80. The highest BCUT2D eigenvalue weighted by Crippen LogP contribution is 2.62. The molecule has 0 N–H and O–H groups in total. The van der Waals surface area contributed by atoms with Crippen molar-refractivity contribution in [1.29, 1.82) is 0 Å². The summed E-state index contributed by atoms with van der Waals surface area (Å²) in [5.74, 6) is 0. The molecule has 0 aliphatic rings. The fourth-order valence-electron chi connectivity index (χ4n) is 3.03. The fraction of sp³-hybridized carbons (Fsp3) is 0. The van der Waals surface area contributed by atoms with Crippen molar-refractivity contribution in [2.45, 2.75) is 0 Å². The monoisotopic (exact) mass is 417 g/mol. The molecule has 4 aromatic carbocycles. The summed E-state index contributed by atoms with van der Waals surface area (Å²) in [6.45, 7) is -2.81. The largest absolute Gasteiger partial charge is 0.819 e. The van der Waals surface area contributed by atoms with Crippen LogP contribution in [0.25, 0.3) is 0 Å². The molecule has 0 radical (unpaired) electrons. The van der Waals surface area contributed by atoms with Crippen LogP contribution in [0.2, 0.25) is 0 Å². The molecule has 0 aliphatic heterocycles. The normalized spacial score (nSPS) is 11.6. The molecule has 0 aliphatic carbocycles. The van der Waals surface area contributed by atoms with E-state index in [1.165, 1.54) is 10.6 Å². The first-order valence-electron chi connectivity index (χ1n) is 9.12. The first-order chi connectivity index (χ1) is 13.8. The number of hydrogen-bond acceptors (Lipinski definition) is 1. The maximum Gasteiger partial charge on any atom is 0.00824 e. The third kappa shape index (κ3) is 4.20. The van der Waals surface area contributed by atoms with Gasteiger partial charge in [0.2, 0.25) is 0 Å². The van der Waals surface area contributed by atoms with Gasteiger partial charge in [0.1, 0.15) is 0 Å². The predicted octanol–water partition coefficient (Wildman–Crippen LogP) is 4.84. The van der Waals surface area contributed by atoms with Gasteiger partial charge in [0, 0.05) is 7.61 Å². The molecule has 4 rings (SSSR count). The minimum absolute atomic E-state index is 0.777. The molecule has 4 heteroatoms. The zero-order valence-electron chi connectivity index (χ0n) is 15.3. The summed E-state index contributed by atoms with van der Waals surface area (Å²) in [6.07, 6.45) is 0. The van der Waals surface area contributed by atoms with Crippen LogP contribution in [0.5, 0.6) is 0 Å². The SMILES string of the molecule is [O-]P(=PP(c1ccccc1)c1ccccc1)(c1ccccc1)c1ccccc1. The predicted molar refractivity (Wildman–Crippen MR) is 125 cm³/mol. The van der Waals surface area contributed by atoms with E-state index in [2.05, 4.69) is 48.5 Å². The molecule has 138 valence electrons. The molecule has 0 spiro atoms. The van der Waals surface area contributed by atoms with Crippen LogP contribution in [0.3, 0.4) is 0 Å². The van der Waals surface area contributed by atoms with Crippen LogP contribution >= 0.6 is 21.9 Å². The van der Waals surface area contributed by atoms with Crippen LogP contribution in [0.15, 0.2) is 121 Å². The van der Waals surface area contributed by atoms with Gasteiger partial charge in [-0.1, -0.05) is 129 Å². The zero-order valence-corrected chi connectivity index (χ0v) is 18.0. The summed E-state index contributed by atoms with van der Waals surface area (Å²) < 4.78 is 0. The maximum atomic E-state index is 14.6. The third-order valence-electron chi connectivity index (χ3n) is 4.43. The van der Waals surface area contributed by atoms with E-state index in [-0.39, 0.29) is 0 Å². The Balaban J connectivity index is 1.97. The molecule has 4 aromatic rings. The van der Waals surface area contributed by atoms with Crippen molar-refractivity contribution in [2.24, 2.45) is 0 Å². The highest BCUT2D eigenvalue weighted by molar-refractivity contribution is 8.44. The second-order valence-corrected chi connectivity index (χ2v) is 15.4. The highest BCUT2D eigenvalue weighted by Gasteiger charge is 2.17. The van der Waals surface area contributed by atoms with Gasteiger partial charge in [-0.25, -0.2) is 0 Å². The lowest BCUT2D eigenvalue weighted by Crippen LogP contribution is -2.24.